The van der Waals surface area contributed by atoms with Crippen LogP contribution in [-0.2, 0) is 29.1 Å². The third kappa shape index (κ3) is 6.61. The van der Waals surface area contributed by atoms with Crippen LogP contribution in [0.1, 0.15) is 16.7 Å². The maximum Gasteiger partial charge on any atom is 0.328 e. The minimum atomic E-state index is -1.26. The molecule has 1 heterocycles. The molecular weight excluding hydrogens is 318 g/mol. The highest BCUT2D eigenvalue weighted by atomic mass is 16.4. The molecule has 1 aliphatic rings. The maximum atomic E-state index is 9.55. The number of nitrogens with zero attached hydrogens (tertiary/aromatic N) is 1. The van der Waals surface area contributed by atoms with Crippen LogP contribution in [0.3, 0.4) is 0 Å². The number of rotatable bonds is 4. The fourth-order valence-electron chi connectivity index (χ4n) is 2.67. The van der Waals surface area contributed by atoms with Crippen molar-refractivity contribution in [2.24, 2.45) is 0 Å². The van der Waals surface area contributed by atoms with E-state index in [1.807, 2.05) is 0 Å². The number of benzene rings is 2. The van der Waals surface area contributed by atoms with Gasteiger partial charge in [0.1, 0.15) is 0 Å². The standard InChI is InChI=1S/C16H17N.C4H4O4/c1-2-6-14(7-3-1)12-17-11-10-15-8-4-5-9-16(15)13-17;5-3(6)1-2-4(7)8/h1-9H,10-13H2;1-2H,(H,5,6)(H,7,8)/b;2-1-. The van der Waals surface area contributed by atoms with Gasteiger partial charge in [-0.1, -0.05) is 54.6 Å². The highest BCUT2D eigenvalue weighted by Gasteiger charge is 2.15. The molecule has 2 N–H and O–H groups in total. The largest absolute Gasteiger partial charge is 0.478 e. The minimum absolute atomic E-state index is 0.558. The molecular formula is C20H21NO4. The van der Waals surface area contributed by atoms with Crippen molar-refractivity contribution in [1.29, 1.82) is 0 Å². The molecule has 5 heteroatoms. The first-order chi connectivity index (χ1) is 12.0. The molecule has 0 aliphatic carbocycles. The van der Waals surface area contributed by atoms with Gasteiger partial charge in [-0.3, -0.25) is 4.90 Å². The van der Waals surface area contributed by atoms with Crippen molar-refractivity contribution < 1.29 is 19.8 Å². The highest BCUT2D eigenvalue weighted by molar-refractivity contribution is 5.89. The quantitative estimate of drug-likeness (QED) is 0.838. The van der Waals surface area contributed by atoms with Gasteiger partial charge in [0.15, 0.2) is 0 Å². The molecule has 0 bridgehead atoms. The van der Waals surface area contributed by atoms with E-state index >= 15 is 0 Å². The van der Waals surface area contributed by atoms with Crippen LogP contribution in [0, 0.1) is 0 Å². The average Bonchev–Trinajstić information content (AvgIpc) is 2.61. The Morgan fingerprint density at radius 2 is 1.44 bits per heavy atom. The molecule has 0 unspecified atom stereocenters. The van der Waals surface area contributed by atoms with E-state index in [1.165, 1.54) is 29.7 Å². The lowest BCUT2D eigenvalue weighted by Gasteiger charge is -2.28. The Balaban J connectivity index is 0.000000242. The van der Waals surface area contributed by atoms with E-state index in [0.29, 0.717) is 12.2 Å². The van der Waals surface area contributed by atoms with Crippen LogP contribution in [0.25, 0.3) is 0 Å². The van der Waals surface area contributed by atoms with Gasteiger partial charge in [-0.2, -0.15) is 0 Å². The molecule has 0 atom stereocenters. The second kappa shape index (κ2) is 9.39. The highest BCUT2D eigenvalue weighted by Crippen LogP contribution is 2.19. The van der Waals surface area contributed by atoms with Crippen molar-refractivity contribution >= 4 is 11.9 Å². The third-order valence-corrected chi connectivity index (χ3v) is 3.83. The van der Waals surface area contributed by atoms with Crippen LogP contribution in [0.2, 0.25) is 0 Å². The van der Waals surface area contributed by atoms with E-state index in [1.54, 1.807) is 0 Å². The maximum absolute atomic E-state index is 9.55. The number of fused-ring (bicyclic) bond motifs is 1. The molecule has 25 heavy (non-hydrogen) atoms. The van der Waals surface area contributed by atoms with Gasteiger partial charge in [0.25, 0.3) is 0 Å². The Morgan fingerprint density at radius 3 is 2.04 bits per heavy atom. The summed E-state index contributed by atoms with van der Waals surface area (Å²) in [5.74, 6) is -2.51. The summed E-state index contributed by atoms with van der Waals surface area (Å²) in [4.78, 5) is 21.6. The molecule has 2 aromatic carbocycles. The van der Waals surface area contributed by atoms with E-state index < -0.39 is 11.9 Å². The average molecular weight is 339 g/mol. The number of hydrogen-bond acceptors (Lipinski definition) is 3. The molecule has 5 nitrogen and oxygen atoms in total. The van der Waals surface area contributed by atoms with Crippen molar-refractivity contribution in [3.05, 3.63) is 83.4 Å². The van der Waals surface area contributed by atoms with E-state index in [2.05, 4.69) is 59.5 Å². The van der Waals surface area contributed by atoms with Crippen molar-refractivity contribution in [1.82, 2.24) is 4.90 Å². The molecule has 3 rings (SSSR count). The summed E-state index contributed by atoms with van der Waals surface area (Å²) in [6, 6.07) is 19.5. The monoisotopic (exact) mass is 339 g/mol. The first-order valence-electron chi connectivity index (χ1n) is 8.01. The summed E-state index contributed by atoms with van der Waals surface area (Å²) in [5.41, 5.74) is 4.43. The minimum Gasteiger partial charge on any atom is -0.478 e. The van der Waals surface area contributed by atoms with Crippen molar-refractivity contribution in [3.8, 4) is 0 Å². The van der Waals surface area contributed by atoms with Crippen molar-refractivity contribution in [2.45, 2.75) is 19.5 Å². The first kappa shape index (κ1) is 18.4. The number of hydrogen-bond donors (Lipinski definition) is 2. The summed E-state index contributed by atoms with van der Waals surface area (Å²) in [5, 5.41) is 15.6. The van der Waals surface area contributed by atoms with Gasteiger partial charge in [0.05, 0.1) is 0 Å². The molecule has 2 aromatic rings. The number of carboxylic acids is 2. The second-order valence-corrected chi connectivity index (χ2v) is 5.72. The molecule has 0 fully saturated rings. The Hall–Kier alpha value is -2.92. The Labute approximate surface area is 146 Å². The smallest absolute Gasteiger partial charge is 0.328 e. The zero-order chi connectivity index (χ0) is 18.1. The predicted octanol–water partition coefficient (Wildman–Crippen LogP) is 2.96. The molecule has 0 saturated carbocycles. The van der Waals surface area contributed by atoms with Crippen LogP contribution < -0.4 is 0 Å². The van der Waals surface area contributed by atoms with Gasteiger partial charge in [-0.25, -0.2) is 9.59 Å². The lowest BCUT2D eigenvalue weighted by molar-refractivity contribution is -0.134. The Morgan fingerprint density at radius 1 is 0.880 bits per heavy atom. The molecule has 0 amide bonds. The van der Waals surface area contributed by atoms with Crippen LogP contribution in [0.5, 0.6) is 0 Å². The van der Waals surface area contributed by atoms with Gasteiger partial charge >= 0.3 is 11.9 Å². The van der Waals surface area contributed by atoms with Gasteiger partial charge in [-0.15, -0.1) is 0 Å². The third-order valence-electron chi connectivity index (χ3n) is 3.83. The second-order valence-electron chi connectivity index (χ2n) is 5.72. The molecule has 0 radical (unpaired) electrons. The molecule has 0 aromatic heterocycles. The fraction of sp³-hybridized carbons (Fsp3) is 0.200. The van der Waals surface area contributed by atoms with Crippen molar-refractivity contribution in [3.63, 3.8) is 0 Å². The van der Waals surface area contributed by atoms with Gasteiger partial charge in [-0.05, 0) is 23.1 Å². The number of aliphatic carboxylic acids is 2. The fourth-order valence-corrected chi connectivity index (χ4v) is 2.67. The zero-order valence-corrected chi connectivity index (χ0v) is 13.8. The first-order valence-corrected chi connectivity index (χ1v) is 8.01. The Kier molecular flexibility index (Phi) is 6.92. The molecule has 1 aliphatic heterocycles. The topological polar surface area (TPSA) is 77.8 Å². The summed E-state index contributed by atoms with van der Waals surface area (Å²) in [6.45, 7) is 3.33. The van der Waals surface area contributed by atoms with Gasteiger partial charge in [0.2, 0.25) is 0 Å². The lowest BCUT2D eigenvalue weighted by atomic mass is 9.99. The molecule has 130 valence electrons. The molecule has 0 saturated heterocycles. The number of carboxylic acid groups (broad SMARTS) is 2. The van der Waals surface area contributed by atoms with Crippen molar-refractivity contribution in [2.75, 3.05) is 6.54 Å². The van der Waals surface area contributed by atoms with E-state index in [-0.39, 0.29) is 0 Å². The number of carbonyl (C=O) groups is 2. The summed E-state index contributed by atoms with van der Waals surface area (Å²) in [7, 11) is 0. The van der Waals surface area contributed by atoms with Crippen LogP contribution >= 0.6 is 0 Å². The van der Waals surface area contributed by atoms with E-state index in [9.17, 15) is 9.59 Å². The zero-order valence-electron chi connectivity index (χ0n) is 13.8. The lowest BCUT2D eigenvalue weighted by Crippen LogP contribution is -2.29. The summed E-state index contributed by atoms with van der Waals surface area (Å²) in [6.07, 6.45) is 2.30. The van der Waals surface area contributed by atoms with Crippen LogP contribution in [-0.4, -0.2) is 33.6 Å². The molecule has 0 spiro atoms. The van der Waals surface area contributed by atoms with Gasteiger partial charge in [0, 0.05) is 31.8 Å². The Bertz CT molecular complexity index is 724. The normalized spacial score (nSPS) is 13.6. The van der Waals surface area contributed by atoms with E-state index in [4.69, 9.17) is 10.2 Å². The van der Waals surface area contributed by atoms with Crippen LogP contribution in [0.4, 0.5) is 0 Å². The SMILES string of the molecule is O=C(O)/C=C\C(=O)O.c1ccc(CN2CCc3ccccc3C2)cc1. The van der Waals surface area contributed by atoms with Crippen LogP contribution in [0.15, 0.2) is 66.7 Å². The summed E-state index contributed by atoms with van der Waals surface area (Å²) < 4.78 is 0. The van der Waals surface area contributed by atoms with Gasteiger partial charge < -0.3 is 10.2 Å². The van der Waals surface area contributed by atoms with E-state index in [0.717, 1.165) is 13.1 Å². The predicted molar refractivity (Wildman–Crippen MR) is 95.1 cm³/mol. The summed E-state index contributed by atoms with van der Waals surface area (Å²) >= 11 is 0.